The largest absolute Gasteiger partial charge is 0.463 e. The van der Waals surface area contributed by atoms with Crippen molar-refractivity contribution in [2.75, 3.05) is 12.4 Å². The van der Waals surface area contributed by atoms with Crippen LogP contribution in [0.1, 0.15) is 38.4 Å². The molecule has 2 rings (SSSR count). The second kappa shape index (κ2) is 6.83. The molecule has 5 nitrogen and oxygen atoms in total. The van der Waals surface area contributed by atoms with Crippen molar-refractivity contribution < 1.29 is 14.3 Å². The van der Waals surface area contributed by atoms with Crippen LogP contribution in [-0.4, -0.2) is 34.1 Å². The monoisotopic (exact) mass is 340 g/mol. The van der Waals surface area contributed by atoms with Crippen molar-refractivity contribution in [2.45, 2.75) is 39.7 Å². The van der Waals surface area contributed by atoms with Gasteiger partial charge in [0, 0.05) is 10.8 Å². The second-order valence-corrected chi connectivity index (χ2v) is 7.75. The fourth-order valence-corrected chi connectivity index (χ4v) is 3.70. The highest BCUT2D eigenvalue weighted by Crippen LogP contribution is 2.32. The Hall–Kier alpha value is -1.34. The normalized spacial score (nSPS) is 17.4. The Bertz CT molecular complexity index is 602. The van der Waals surface area contributed by atoms with Crippen molar-refractivity contribution in [2.24, 2.45) is 0 Å². The zero-order valence-corrected chi connectivity index (χ0v) is 14.8. The molecule has 1 aliphatic rings. The molecule has 1 aromatic rings. The number of carbonyl (C=O) groups is 2. The van der Waals surface area contributed by atoms with Crippen LogP contribution in [0.4, 0.5) is 0 Å². The summed E-state index contributed by atoms with van der Waals surface area (Å²) in [5.41, 5.74) is 0.844. The summed E-state index contributed by atoms with van der Waals surface area (Å²) in [5, 5.41) is 3.64. The minimum absolute atomic E-state index is 0.00368. The lowest BCUT2D eigenvalue weighted by Gasteiger charge is -2.16. The number of hydrogen-bond acceptors (Lipinski definition) is 6. The Labute approximate surface area is 138 Å². The van der Waals surface area contributed by atoms with E-state index in [0.29, 0.717) is 23.9 Å². The van der Waals surface area contributed by atoms with Crippen LogP contribution >= 0.6 is 23.1 Å². The molecular weight excluding hydrogens is 320 g/mol. The van der Waals surface area contributed by atoms with Gasteiger partial charge in [0.2, 0.25) is 5.91 Å². The predicted molar refractivity (Wildman–Crippen MR) is 88.5 cm³/mol. The molecule has 1 saturated heterocycles. The van der Waals surface area contributed by atoms with E-state index in [2.05, 4.69) is 25.8 Å². The van der Waals surface area contributed by atoms with Gasteiger partial charge in [-0.3, -0.25) is 9.69 Å². The fourth-order valence-electron chi connectivity index (χ4n) is 1.87. The molecule has 22 heavy (non-hydrogen) atoms. The Balaban J connectivity index is 2.14. The maximum Gasteiger partial charge on any atom is 0.333 e. The maximum absolute atomic E-state index is 12.0. The van der Waals surface area contributed by atoms with Gasteiger partial charge in [-0.2, -0.15) is 0 Å². The smallest absolute Gasteiger partial charge is 0.333 e. The lowest BCUT2D eigenvalue weighted by Crippen LogP contribution is -2.25. The van der Waals surface area contributed by atoms with Gasteiger partial charge >= 0.3 is 5.97 Å². The third-order valence-corrected chi connectivity index (χ3v) is 5.29. The van der Waals surface area contributed by atoms with Crippen LogP contribution < -0.4 is 0 Å². The quantitative estimate of drug-likeness (QED) is 0.623. The summed E-state index contributed by atoms with van der Waals surface area (Å²) in [5.74, 6) is -0.0779. The molecule has 0 unspecified atom stereocenters. The average molecular weight is 340 g/mol. The van der Waals surface area contributed by atoms with Crippen molar-refractivity contribution in [1.29, 1.82) is 0 Å². The molecule has 2 heterocycles. The maximum atomic E-state index is 12.0. The topological polar surface area (TPSA) is 59.5 Å². The molecule has 0 saturated carbocycles. The fraction of sp³-hybridized carbons (Fsp3) is 0.533. The first-order valence-corrected chi connectivity index (χ1v) is 8.94. The van der Waals surface area contributed by atoms with E-state index in [0.717, 1.165) is 10.7 Å². The highest BCUT2D eigenvalue weighted by Gasteiger charge is 2.28. The second-order valence-electron chi connectivity index (χ2n) is 5.90. The molecule has 0 aliphatic carbocycles. The van der Waals surface area contributed by atoms with E-state index >= 15 is 0 Å². The summed E-state index contributed by atoms with van der Waals surface area (Å²) in [4.78, 5) is 29.8. The molecule has 0 spiro atoms. The predicted octanol–water partition coefficient (Wildman–Crippen LogP) is 2.92. The van der Waals surface area contributed by atoms with E-state index in [1.165, 1.54) is 17.8 Å². The minimum atomic E-state index is -0.418. The summed E-state index contributed by atoms with van der Waals surface area (Å²) in [6.07, 6.45) is 1.39. The first-order chi connectivity index (χ1) is 10.3. The van der Waals surface area contributed by atoms with Crippen LogP contribution in [0.25, 0.3) is 0 Å². The van der Waals surface area contributed by atoms with Gasteiger partial charge < -0.3 is 4.74 Å². The molecule has 120 valence electrons. The van der Waals surface area contributed by atoms with E-state index in [1.807, 2.05) is 5.38 Å². The Morgan fingerprint density at radius 3 is 2.82 bits per heavy atom. The lowest BCUT2D eigenvalue weighted by molar-refractivity contribution is -0.137. The van der Waals surface area contributed by atoms with E-state index in [9.17, 15) is 9.59 Å². The molecule has 1 amide bonds. The third kappa shape index (κ3) is 4.10. The van der Waals surface area contributed by atoms with Crippen molar-refractivity contribution in [3.63, 3.8) is 0 Å². The molecule has 1 aliphatic heterocycles. The molecule has 0 atom stereocenters. The van der Waals surface area contributed by atoms with Crippen LogP contribution in [0.3, 0.4) is 0 Å². The van der Waals surface area contributed by atoms with Crippen molar-refractivity contribution in [1.82, 2.24) is 9.88 Å². The molecule has 0 bridgehead atoms. The third-order valence-electron chi connectivity index (χ3n) is 2.95. The average Bonchev–Trinajstić information content (AvgIpc) is 3.00. The standard InChI is InChI=1S/C15H20N2O3S2/c1-5-20-13(19)6-12-17(11(18)9-21-12)7-10-8-22-14(16-10)15(2,3)4/h6,8H,5,7,9H2,1-4H3. The van der Waals surface area contributed by atoms with Crippen molar-refractivity contribution in [3.05, 3.63) is 27.2 Å². The zero-order valence-electron chi connectivity index (χ0n) is 13.2. The Morgan fingerprint density at radius 2 is 2.23 bits per heavy atom. The number of rotatable bonds is 4. The molecule has 0 aromatic carbocycles. The lowest BCUT2D eigenvalue weighted by atomic mass is 9.98. The van der Waals surface area contributed by atoms with Crippen LogP contribution in [0, 0.1) is 0 Å². The number of ether oxygens (including phenoxy) is 1. The van der Waals surface area contributed by atoms with E-state index < -0.39 is 5.97 Å². The highest BCUT2D eigenvalue weighted by molar-refractivity contribution is 8.04. The van der Waals surface area contributed by atoms with Gasteiger partial charge in [0.25, 0.3) is 0 Å². The molecule has 1 aromatic heterocycles. The van der Waals surface area contributed by atoms with Crippen LogP contribution in [0.5, 0.6) is 0 Å². The van der Waals surface area contributed by atoms with Gasteiger partial charge in [-0.1, -0.05) is 32.5 Å². The molecule has 1 fully saturated rings. The molecular formula is C15H20N2O3S2. The van der Waals surface area contributed by atoms with Crippen LogP contribution in [0.2, 0.25) is 0 Å². The Kier molecular flexibility index (Phi) is 5.28. The van der Waals surface area contributed by atoms with Gasteiger partial charge in [0.15, 0.2) is 0 Å². The number of thioether (sulfide) groups is 1. The number of amides is 1. The first kappa shape index (κ1) is 17.0. The number of aromatic nitrogens is 1. The first-order valence-electron chi connectivity index (χ1n) is 7.07. The van der Waals surface area contributed by atoms with Crippen molar-refractivity contribution >= 4 is 35.0 Å². The van der Waals surface area contributed by atoms with Gasteiger partial charge in [0.1, 0.15) is 0 Å². The number of esters is 1. The zero-order chi connectivity index (χ0) is 16.3. The summed E-state index contributed by atoms with van der Waals surface area (Å²) >= 11 is 2.95. The highest BCUT2D eigenvalue weighted by atomic mass is 32.2. The number of nitrogens with zero attached hydrogens (tertiary/aromatic N) is 2. The number of thiazole rings is 1. The molecule has 0 N–H and O–H groups in total. The van der Waals surface area contributed by atoms with Gasteiger partial charge in [-0.15, -0.1) is 11.3 Å². The SMILES string of the molecule is CCOC(=O)C=C1SCC(=O)N1Cc1csc(C(C)(C)C)n1. The van der Waals surface area contributed by atoms with E-state index in [-0.39, 0.29) is 11.3 Å². The van der Waals surface area contributed by atoms with Gasteiger partial charge in [0.05, 0.1) is 40.7 Å². The summed E-state index contributed by atoms with van der Waals surface area (Å²) in [6.45, 7) is 8.80. The van der Waals surface area contributed by atoms with Crippen LogP contribution in [0.15, 0.2) is 16.5 Å². The minimum Gasteiger partial charge on any atom is -0.463 e. The summed E-state index contributed by atoms with van der Waals surface area (Å²) < 4.78 is 4.91. The van der Waals surface area contributed by atoms with Gasteiger partial charge in [-0.05, 0) is 6.92 Å². The van der Waals surface area contributed by atoms with Gasteiger partial charge in [-0.25, -0.2) is 9.78 Å². The molecule has 0 radical (unpaired) electrons. The van der Waals surface area contributed by atoms with Crippen LogP contribution in [-0.2, 0) is 26.3 Å². The van der Waals surface area contributed by atoms with E-state index in [1.54, 1.807) is 23.2 Å². The number of hydrogen-bond donors (Lipinski definition) is 0. The van der Waals surface area contributed by atoms with Crippen molar-refractivity contribution in [3.8, 4) is 0 Å². The Morgan fingerprint density at radius 1 is 1.50 bits per heavy atom. The molecule has 7 heteroatoms. The number of carbonyl (C=O) groups excluding carboxylic acids is 2. The van der Waals surface area contributed by atoms with E-state index in [4.69, 9.17) is 4.74 Å². The summed E-state index contributed by atoms with van der Waals surface area (Å²) in [6, 6.07) is 0. The summed E-state index contributed by atoms with van der Waals surface area (Å²) in [7, 11) is 0.